The average molecular weight is 274 g/mol. The molecule has 0 amide bonds. The lowest BCUT2D eigenvalue weighted by Gasteiger charge is -2.39. The van der Waals surface area contributed by atoms with E-state index < -0.39 is 35.3 Å². The van der Waals surface area contributed by atoms with Gasteiger partial charge in [-0.15, -0.1) is 0 Å². The van der Waals surface area contributed by atoms with Crippen molar-refractivity contribution in [3.63, 3.8) is 0 Å². The molecule has 0 radical (unpaired) electrons. The summed E-state index contributed by atoms with van der Waals surface area (Å²) in [6.07, 6.45) is -0.771. The number of carbonyl (C=O) groups excluding carboxylic acids is 2. The molecule has 0 fully saturated rings. The van der Waals surface area contributed by atoms with Gasteiger partial charge in [0, 0.05) is 12.8 Å². The van der Waals surface area contributed by atoms with E-state index in [9.17, 15) is 24.9 Å². The fourth-order valence-corrected chi connectivity index (χ4v) is 2.47. The number of hydrogen-bond donors (Lipinski definition) is 3. The highest BCUT2D eigenvalue weighted by Crippen LogP contribution is 2.32. The normalized spacial score (nSPS) is 19.3. The monoisotopic (exact) mass is 274 g/mol. The van der Waals surface area contributed by atoms with Gasteiger partial charge in [0.05, 0.1) is 12.2 Å². The molecule has 0 rings (SSSR count). The van der Waals surface area contributed by atoms with Gasteiger partial charge in [-0.2, -0.15) is 0 Å². The van der Waals surface area contributed by atoms with Crippen molar-refractivity contribution in [2.24, 2.45) is 5.92 Å². The summed E-state index contributed by atoms with van der Waals surface area (Å²) >= 11 is 0. The maximum Gasteiger partial charge on any atom is 0.229 e. The minimum atomic E-state index is -2.00. The molecule has 0 aliphatic heterocycles. The second kappa shape index (κ2) is 7.72. The van der Waals surface area contributed by atoms with Gasteiger partial charge < -0.3 is 15.3 Å². The lowest BCUT2D eigenvalue weighted by Crippen LogP contribution is -2.56. The number of carbonyl (C=O) groups is 2. The van der Waals surface area contributed by atoms with Crippen LogP contribution in [-0.2, 0) is 9.59 Å². The van der Waals surface area contributed by atoms with E-state index >= 15 is 0 Å². The lowest BCUT2D eigenvalue weighted by molar-refractivity contribution is -0.166. The van der Waals surface area contributed by atoms with Crippen LogP contribution < -0.4 is 0 Å². The van der Waals surface area contributed by atoms with Gasteiger partial charge >= 0.3 is 0 Å². The number of ketones is 2. The summed E-state index contributed by atoms with van der Waals surface area (Å²) in [7, 11) is 0. The average Bonchev–Trinajstić information content (AvgIpc) is 2.37. The quantitative estimate of drug-likeness (QED) is 0.541. The van der Waals surface area contributed by atoms with Gasteiger partial charge in [-0.05, 0) is 19.3 Å². The Morgan fingerprint density at radius 3 is 1.95 bits per heavy atom. The van der Waals surface area contributed by atoms with Crippen molar-refractivity contribution in [3.8, 4) is 0 Å². The van der Waals surface area contributed by atoms with Crippen molar-refractivity contribution < 1.29 is 24.9 Å². The maximum atomic E-state index is 11.9. The van der Waals surface area contributed by atoms with Crippen LogP contribution in [0.15, 0.2) is 0 Å². The third-order valence-corrected chi connectivity index (χ3v) is 3.64. The van der Waals surface area contributed by atoms with E-state index in [4.69, 9.17) is 0 Å². The Morgan fingerprint density at radius 2 is 1.63 bits per heavy atom. The standard InChI is InChI=1S/C14H26O5/c1-5-8-11(17)12(10(16)6-2)14(19,7-3)13(18)9(4)15/h10-12,16-17,19H,5-8H2,1-4H3. The van der Waals surface area contributed by atoms with E-state index in [1.165, 1.54) is 0 Å². The molecule has 0 aliphatic carbocycles. The third kappa shape index (κ3) is 4.09. The number of aliphatic hydroxyl groups excluding tert-OH is 2. The van der Waals surface area contributed by atoms with Crippen LogP contribution in [0.25, 0.3) is 0 Å². The Labute approximate surface area is 114 Å². The Morgan fingerprint density at radius 1 is 1.11 bits per heavy atom. The maximum absolute atomic E-state index is 11.9. The molecule has 0 aromatic rings. The number of aliphatic hydroxyl groups is 3. The molecule has 4 unspecified atom stereocenters. The van der Waals surface area contributed by atoms with E-state index in [1.54, 1.807) is 13.8 Å². The molecule has 4 atom stereocenters. The van der Waals surface area contributed by atoms with E-state index in [-0.39, 0.29) is 6.42 Å². The highest BCUT2D eigenvalue weighted by atomic mass is 16.3. The van der Waals surface area contributed by atoms with Gasteiger partial charge in [0.15, 0.2) is 5.78 Å². The van der Waals surface area contributed by atoms with Gasteiger partial charge in [-0.25, -0.2) is 0 Å². The highest BCUT2D eigenvalue weighted by Gasteiger charge is 2.49. The van der Waals surface area contributed by atoms with Crippen LogP contribution >= 0.6 is 0 Å². The smallest absolute Gasteiger partial charge is 0.229 e. The molecule has 112 valence electrons. The number of hydrogen-bond acceptors (Lipinski definition) is 5. The SMILES string of the molecule is CCCC(O)C(C(O)CC)C(O)(CC)C(=O)C(C)=O. The molecule has 0 spiro atoms. The van der Waals surface area contributed by atoms with Crippen LogP contribution in [0.5, 0.6) is 0 Å². The van der Waals surface area contributed by atoms with Crippen molar-refractivity contribution in [1.82, 2.24) is 0 Å². The van der Waals surface area contributed by atoms with E-state index in [1.807, 2.05) is 6.92 Å². The van der Waals surface area contributed by atoms with E-state index in [2.05, 4.69) is 0 Å². The fourth-order valence-electron chi connectivity index (χ4n) is 2.47. The first-order chi connectivity index (χ1) is 8.76. The molecule has 0 saturated heterocycles. The van der Waals surface area contributed by atoms with E-state index in [0.717, 1.165) is 6.92 Å². The molecule has 0 aliphatic rings. The summed E-state index contributed by atoms with van der Waals surface area (Å²) in [5.41, 5.74) is -2.00. The summed E-state index contributed by atoms with van der Waals surface area (Å²) in [5.74, 6) is -2.75. The van der Waals surface area contributed by atoms with Crippen LogP contribution in [0.4, 0.5) is 0 Å². The molecule has 0 saturated carbocycles. The van der Waals surface area contributed by atoms with Gasteiger partial charge in [-0.3, -0.25) is 9.59 Å². The topological polar surface area (TPSA) is 94.8 Å². The van der Waals surface area contributed by atoms with E-state index in [0.29, 0.717) is 19.3 Å². The summed E-state index contributed by atoms with van der Waals surface area (Å²) in [6, 6.07) is 0. The molecule has 19 heavy (non-hydrogen) atoms. The summed E-state index contributed by atoms with van der Waals surface area (Å²) < 4.78 is 0. The number of Topliss-reactive ketones (excluding diaryl/α,β-unsaturated/α-hetero) is 2. The summed E-state index contributed by atoms with van der Waals surface area (Å²) in [6.45, 7) is 6.21. The second-order valence-corrected chi connectivity index (χ2v) is 5.02. The van der Waals surface area contributed by atoms with Crippen LogP contribution in [0.1, 0.15) is 53.4 Å². The van der Waals surface area contributed by atoms with Gasteiger partial charge in [-0.1, -0.05) is 27.2 Å². The first-order valence-corrected chi connectivity index (χ1v) is 6.89. The van der Waals surface area contributed by atoms with Crippen molar-refractivity contribution in [3.05, 3.63) is 0 Å². The highest BCUT2D eigenvalue weighted by molar-refractivity contribution is 6.39. The predicted molar refractivity (Wildman–Crippen MR) is 71.6 cm³/mol. The largest absolute Gasteiger partial charge is 0.393 e. The first kappa shape index (κ1) is 18.2. The first-order valence-electron chi connectivity index (χ1n) is 6.89. The van der Waals surface area contributed by atoms with Gasteiger partial charge in [0.2, 0.25) is 5.78 Å². The second-order valence-electron chi connectivity index (χ2n) is 5.02. The Hall–Kier alpha value is -0.780. The Bertz CT molecular complexity index is 315. The molecule has 0 heterocycles. The fraction of sp³-hybridized carbons (Fsp3) is 0.857. The molecular weight excluding hydrogens is 248 g/mol. The summed E-state index contributed by atoms with van der Waals surface area (Å²) in [5, 5.41) is 30.7. The third-order valence-electron chi connectivity index (χ3n) is 3.64. The zero-order valence-electron chi connectivity index (χ0n) is 12.2. The molecule has 5 heteroatoms. The van der Waals surface area contributed by atoms with Crippen LogP contribution in [-0.4, -0.2) is 44.7 Å². The van der Waals surface area contributed by atoms with Crippen molar-refractivity contribution in [2.75, 3.05) is 0 Å². The number of rotatable bonds is 9. The summed E-state index contributed by atoms with van der Waals surface area (Å²) in [4.78, 5) is 23.2. The molecule has 5 nitrogen and oxygen atoms in total. The molecular formula is C14H26O5. The van der Waals surface area contributed by atoms with Crippen LogP contribution in [0.2, 0.25) is 0 Å². The Kier molecular flexibility index (Phi) is 7.41. The molecule has 0 aromatic heterocycles. The zero-order valence-corrected chi connectivity index (χ0v) is 12.2. The molecule has 0 aromatic carbocycles. The molecule has 0 bridgehead atoms. The Balaban J connectivity index is 5.51. The zero-order chi connectivity index (χ0) is 15.2. The van der Waals surface area contributed by atoms with Gasteiger partial charge in [0.25, 0.3) is 0 Å². The van der Waals surface area contributed by atoms with Crippen LogP contribution in [0.3, 0.4) is 0 Å². The predicted octanol–water partition coefficient (Wildman–Crippen LogP) is 0.834. The molecule has 3 N–H and O–H groups in total. The minimum absolute atomic E-state index is 0.0199. The van der Waals surface area contributed by atoms with Crippen molar-refractivity contribution >= 4 is 11.6 Å². The van der Waals surface area contributed by atoms with Gasteiger partial charge in [0.1, 0.15) is 5.60 Å². The lowest BCUT2D eigenvalue weighted by atomic mass is 9.72. The minimum Gasteiger partial charge on any atom is -0.393 e. The van der Waals surface area contributed by atoms with Crippen molar-refractivity contribution in [2.45, 2.75) is 71.2 Å². The van der Waals surface area contributed by atoms with Crippen molar-refractivity contribution in [1.29, 1.82) is 0 Å². The van der Waals surface area contributed by atoms with Crippen LogP contribution in [0, 0.1) is 5.92 Å².